The third kappa shape index (κ3) is 3.46. The van der Waals surface area contributed by atoms with E-state index in [2.05, 4.69) is 9.84 Å². The second kappa shape index (κ2) is 4.80. The van der Waals surface area contributed by atoms with E-state index in [1.54, 1.807) is 0 Å². The molecule has 8 heteroatoms. The van der Waals surface area contributed by atoms with Gasteiger partial charge in [0.1, 0.15) is 10.8 Å². The van der Waals surface area contributed by atoms with Crippen molar-refractivity contribution < 1.29 is 17.9 Å². The van der Waals surface area contributed by atoms with Gasteiger partial charge in [-0.1, -0.05) is 23.2 Å². The van der Waals surface area contributed by atoms with Gasteiger partial charge in [-0.15, -0.1) is 13.2 Å². The lowest BCUT2D eigenvalue weighted by molar-refractivity contribution is -0.274. The maximum absolute atomic E-state index is 12.0. The second-order valence-corrected chi connectivity index (χ2v) is 3.43. The van der Waals surface area contributed by atoms with Crippen molar-refractivity contribution in [1.29, 1.82) is 0 Å². The van der Waals surface area contributed by atoms with Crippen molar-refractivity contribution in [2.45, 2.75) is 6.36 Å². The van der Waals surface area contributed by atoms with E-state index in [0.29, 0.717) is 0 Å². The van der Waals surface area contributed by atoms with E-state index < -0.39 is 12.1 Å². The highest BCUT2D eigenvalue weighted by molar-refractivity contribution is 6.43. The summed E-state index contributed by atoms with van der Waals surface area (Å²) in [4.78, 5) is 0. The molecule has 0 bridgehead atoms. The van der Waals surface area contributed by atoms with Gasteiger partial charge in [0.05, 0.1) is 11.2 Å². The molecular weight excluding hydrogens is 268 g/mol. The number of ether oxygens (including phenoxy) is 1. The molecule has 16 heavy (non-hydrogen) atoms. The predicted molar refractivity (Wildman–Crippen MR) is 54.9 cm³/mol. The first-order valence-corrected chi connectivity index (χ1v) is 4.57. The first-order valence-electron chi connectivity index (χ1n) is 3.81. The quantitative estimate of drug-likeness (QED) is 0.511. The third-order valence-corrected chi connectivity index (χ3v) is 2.25. The summed E-state index contributed by atoms with van der Waals surface area (Å²) in [6.07, 6.45) is -3.73. The highest BCUT2D eigenvalue weighted by Crippen LogP contribution is 2.36. The lowest BCUT2D eigenvalue weighted by Crippen LogP contribution is -2.17. The zero-order chi connectivity index (χ0) is 12.3. The summed E-state index contributed by atoms with van der Waals surface area (Å²) < 4.78 is 39.6. The minimum absolute atomic E-state index is 0.0849. The largest absolute Gasteiger partial charge is 0.573 e. The Kier molecular flexibility index (Phi) is 3.88. The minimum Gasteiger partial charge on any atom is -0.404 e. The Hall–Kier alpha value is -1.14. The van der Waals surface area contributed by atoms with Crippen LogP contribution < -0.4 is 10.6 Å². The molecule has 0 aliphatic carbocycles. The van der Waals surface area contributed by atoms with Gasteiger partial charge in [0, 0.05) is 0 Å². The summed E-state index contributed by atoms with van der Waals surface area (Å²) in [5.41, 5.74) is 0.246. The fraction of sp³-hybridized carbons (Fsp3) is 0.125. The van der Waals surface area contributed by atoms with Crippen LogP contribution in [0.5, 0.6) is 5.75 Å². The SMILES string of the molecule is NN=Cc1cc(Cl)c(Cl)c(OC(F)(F)F)c1. The van der Waals surface area contributed by atoms with E-state index in [1.807, 2.05) is 0 Å². The lowest BCUT2D eigenvalue weighted by Gasteiger charge is -2.11. The van der Waals surface area contributed by atoms with Gasteiger partial charge in [-0.25, -0.2) is 0 Å². The van der Waals surface area contributed by atoms with Crippen LogP contribution in [0.15, 0.2) is 17.2 Å². The van der Waals surface area contributed by atoms with Crippen molar-refractivity contribution in [3.8, 4) is 5.75 Å². The predicted octanol–water partition coefficient (Wildman–Crippen LogP) is 3.18. The highest BCUT2D eigenvalue weighted by atomic mass is 35.5. The van der Waals surface area contributed by atoms with Crippen molar-refractivity contribution in [3.05, 3.63) is 27.7 Å². The number of hydrogen-bond acceptors (Lipinski definition) is 3. The van der Waals surface area contributed by atoms with Gasteiger partial charge in [-0.3, -0.25) is 0 Å². The Morgan fingerprint density at radius 2 is 1.94 bits per heavy atom. The topological polar surface area (TPSA) is 47.6 Å². The molecule has 2 N–H and O–H groups in total. The number of hydrogen-bond donors (Lipinski definition) is 1. The van der Waals surface area contributed by atoms with Crippen molar-refractivity contribution >= 4 is 29.4 Å². The summed E-state index contributed by atoms with van der Waals surface area (Å²) in [7, 11) is 0. The fourth-order valence-corrected chi connectivity index (χ4v) is 1.31. The number of benzene rings is 1. The van der Waals surface area contributed by atoms with Crippen LogP contribution in [0.2, 0.25) is 10.0 Å². The summed E-state index contributed by atoms with van der Waals surface area (Å²) in [5, 5.41) is 2.74. The van der Waals surface area contributed by atoms with Crippen LogP contribution in [-0.4, -0.2) is 12.6 Å². The molecule has 0 amide bonds. The van der Waals surface area contributed by atoms with Crippen LogP contribution in [0.1, 0.15) is 5.56 Å². The molecule has 0 aliphatic heterocycles. The highest BCUT2D eigenvalue weighted by Gasteiger charge is 2.32. The summed E-state index contributed by atoms with van der Waals surface area (Å²) in [5.74, 6) is 4.26. The minimum atomic E-state index is -4.84. The molecule has 88 valence electrons. The van der Waals surface area contributed by atoms with Crippen LogP contribution >= 0.6 is 23.2 Å². The van der Waals surface area contributed by atoms with Crippen LogP contribution in [0.4, 0.5) is 13.2 Å². The first-order chi connectivity index (χ1) is 7.33. The molecule has 0 heterocycles. The van der Waals surface area contributed by atoms with Gasteiger partial charge in [-0.05, 0) is 17.7 Å². The lowest BCUT2D eigenvalue weighted by atomic mass is 10.2. The normalized spacial score (nSPS) is 12.1. The van der Waals surface area contributed by atoms with Crippen molar-refractivity contribution in [2.75, 3.05) is 0 Å². The van der Waals surface area contributed by atoms with Crippen molar-refractivity contribution in [1.82, 2.24) is 0 Å². The second-order valence-electron chi connectivity index (χ2n) is 2.64. The van der Waals surface area contributed by atoms with E-state index in [-0.39, 0.29) is 15.6 Å². The zero-order valence-corrected chi connectivity index (χ0v) is 9.07. The molecule has 0 saturated carbocycles. The molecule has 1 rings (SSSR count). The number of halogens is 5. The summed E-state index contributed by atoms with van der Waals surface area (Å²) >= 11 is 11.1. The van der Waals surface area contributed by atoms with Gasteiger partial charge in [0.2, 0.25) is 0 Å². The molecule has 0 unspecified atom stereocenters. The maximum atomic E-state index is 12.0. The van der Waals surface area contributed by atoms with Crippen LogP contribution in [0.25, 0.3) is 0 Å². The molecule has 0 fully saturated rings. The molecule has 0 spiro atoms. The number of nitrogens with two attached hydrogens (primary N) is 1. The van der Waals surface area contributed by atoms with E-state index in [4.69, 9.17) is 29.0 Å². The van der Waals surface area contributed by atoms with E-state index in [0.717, 1.165) is 12.3 Å². The Morgan fingerprint density at radius 3 is 2.44 bits per heavy atom. The van der Waals surface area contributed by atoms with E-state index >= 15 is 0 Å². The molecule has 3 nitrogen and oxygen atoms in total. The monoisotopic (exact) mass is 272 g/mol. The van der Waals surface area contributed by atoms with Crippen LogP contribution in [-0.2, 0) is 0 Å². The van der Waals surface area contributed by atoms with Gasteiger partial charge < -0.3 is 10.6 Å². The Morgan fingerprint density at radius 1 is 1.31 bits per heavy atom. The first kappa shape index (κ1) is 12.9. The van der Waals surface area contributed by atoms with Crippen LogP contribution in [0.3, 0.4) is 0 Å². The smallest absolute Gasteiger partial charge is 0.404 e. The molecule has 0 saturated heterocycles. The Labute approximate surface area is 98.6 Å². The van der Waals surface area contributed by atoms with Crippen molar-refractivity contribution in [3.63, 3.8) is 0 Å². The summed E-state index contributed by atoms with van der Waals surface area (Å²) in [6, 6.07) is 2.33. The van der Waals surface area contributed by atoms with Gasteiger partial charge in [0.15, 0.2) is 0 Å². The molecule has 0 aliphatic rings. The molecule has 0 radical (unpaired) electrons. The molecular formula is C8H5Cl2F3N2O. The van der Waals surface area contributed by atoms with Gasteiger partial charge in [-0.2, -0.15) is 5.10 Å². The number of nitrogens with zero attached hydrogens (tertiary/aromatic N) is 1. The Bertz CT molecular complexity index is 420. The average molecular weight is 273 g/mol. The number of rotatable bonds is 2. The zero-order valence-electron chi connectivity index (χ0n) is 7.55. The average Bonchev–Trinajstić information content (AvgIpc) is 2.11. The molecule has 1 aromatic carbocycles. The van der Waals surface area contributed by atoms with Crippen LogP contribution in [0, 0.1) is 0 Å². The van der Waals surface area contributed by atoms with Gasteiger partial charge >= 0.3 is 6.36 Å². The third-order valence-electron chi connectivity index (χ3n) is 1.47. The molecule has 1 aromatic rings. The molecule has 0 aromatic heterocycles. The number of hydrazone groups is 1. The summed E-state index contributed by atoms with van der Waals surface area (Å²) in [6.45, 7) is 0. The number of alkyl halides is 3. The Balaban J connectivity index is 3.16. The van der Waals surface area contributed by atoms with E-state index in [1.165, 1.54) is 6.07 Å². The van der Waals surface area contributed by atoms with Crippen molar-refractivity contribution in [2.24, 2.45) is 10.9 Å². The fourth-order valence-electron chi connectivity index (χ4n) is 0.943. The van der Waals surface area contributed by atoms with E-state index in [9.17, 15) is 13.2 Å². The maximum Gasteiger partial charge on any atom is 0.573 e. The standard InChI is InChI=1S/C8H5Cl2F3N2O/c9-5-1-4(3-15-14)2-6(7(5)10)16-8(11,12)13/h1-3H,14H2. The molecule has 0 atom stereocenters. The van der Waals surface area contributed by atoms with Gasteiger partial charge in [0.25, 0.3) is 0 Å².